The van der Waals surface area contributed by atoms with Crippen LogP contribution >= 0.6 is 0 Å². The molecule has 0 fully saturated rings. The minimum Gasteiger partial charge on any atom is -0.394 e. The lowest BCUT2D eigenvalue weighted by Crippen LogP contribution is -2.14. The molecule has 1 atom stereocenters. The highest BCUT2D eigenvalue weighted by Crippen LogP contribution is 2.20. The van der Waals surface area contributed by atoms with E-state index in [1.165, 1.54) is 17.7 Å². The Kier molecular flexibility index (Phi) is 4.53. The first kappa shape index (κ1) is 13.6. The van der Waals surface area contributed by atoms with Gasteiger partial charge in [0, 0.05) is 5.69 Å². The van der Waals surface area contributed by atoms with Crippen molar-refractivity contribution in [3.05, 3.63) is 65.5 Å². The van der Waals surface area contributed by atoms with Crippen molar-refractivity contribution in [1.29, 1.82) is 0 Å². The lowest BCUT2D eigenvalue weighted by molar-refractivity contribution is 0.276. The van der Waals surface area contributed by atoms with Gasteiger partial charge in [-0.3, -0.25) is 0 Å². The molecule has 2 aromatic rings. The molecule has 3 heteroatoms. The molecule has 0 radical (unpaired) electrons. The van der Waals surface area contributed by atoms with E-state index < -0.39 is 0 Å². The van der Waals surface area contributed by atoms with Gasteiger partial charge in [-0.1, -0.05) is 37.3 Å². The number of aryl methyl sites for hydroxylation is 1. The quantitative estimate of drug-likeness (QED) is 0.861. The third-order valence-corrected chi connectivity index (χ3v) is 3.14. The van der Waals surface area contributed by atoms with Gasteiger partial charge in [-0.2, -0.15) is 0 Å². The highest BCUT2D eigenvalue weighted by Gasteiger charge is 2.10. The Morgan fingerprint density at radius 1 is 1.16 bits per heavy atom. The minimum absolute atomic E-state index is 0.0397. The number of halogens is 1. The van der Waals surface area contributed by atoms with E-state index in [9.17, 15) is 9.50 Å². The molecule has 0 aliphatic carbocycles. The number of anilines is 1. The predicted octanol–water partition coefficient (Wildman–Crippen LogP) is 3.53. The van der Waals surface area contributed by atoms with E-state index in [0.717, 1.165) is 12.0 Å². The fraction of sp³-hybridized carbons (Fsp3) is 0.250. The molecule has 0 aliphatic rings. The molecule has 1 unspecified atom stereocenters. The molecule has 0 spiro atoms. The van der Waals surface area contributed by atoms with Crippen molar-refractivity contribution in [1.82, 2.24) is 0 Å². The lowest BCUT2D eigenvalue weighted by atomic mass is 10.0. The van der Waals surface area contributed by atoms with Gasteiger partial charge in [0.25, 0.3) is 0 Å². The summed E-state index contributed by atoms with van der Waals surface area (Å²) in [6, 6.07) is 14.1. The normalized spacial score (nSPS) is 12.2. The summed E-state index contributed by atoms with van der Waals surface area (Å²) in [6.45, 7) is 2.06. The Bertz CT molecular complexity index is 525. The predicted molar refractivity (Wildman–Crippen MR) is 75.7 cm³/mol. The largest absolute Gasteiger partial charge is 0.394 e. The first-order valence-corrected chi connectivity index (χ1v) is 6.44. The molecular weight excluding hydrogens is 241 g/mol. The standard InChI is InChI=1S/C16H18FNO/c1-2-12-6-8-13(9-7-12)16(11-19)18-15-5-3-4-14(17)10-15/h3-10,16,18-19H,2,11H2,1H3. The first-order valence-electron chi connectivity index (χ1n) is 6.44. The van der Waals surface area contributed by atoms with Gasteiger partial charge in [0.15, 0.2) is 0 Å². The third-order valence-electron chi connectivity index (χ3n) is 3.14. The molecule has 2 nitrogen and oxygen atoms in total. The topological polar surface area (TPSA) is 32.3 Å². The summed E-state index contributed by atoms with van der Waals surface area (Å²) in [5.41, 5.74) is 2.91. The van der Waals surface area contributed by atoms with Crippen LogP contribution in [-0.4, -0.2) is 11.7 Å². The van der Waals surface area contributed by atoms with Crippen molar-refractivity contribution in [2.45, 2.75) is 19.4 Å². The van der Waals surface area contributed by atoms with Gasteiger partial charge in [-0.05, 0) is 35.7 Å². The highest BCUT2D eigenvalue weighted by atomic mass is 19.1. The van der Waals surface area contributed by atoms with E-state index in [1.807, 2.05) is 24.3 Å². The fourth-order valence-corrected chi connectivity index (χ4v) is 2.00. The number of hydrogen-bond donors (Lipinski definition) is 2. The van der Waals surface area contributed by atoms with Crippen LogP contribution in [0.25, 0.3) is 0 Å². The molecule has 0 bridgehead atoms. The molecule has 0 aliphatic heterocycles. The van der Waals surface area contributed by atoms with Gasteiger partial charge in [0.2, 0.25) is 0 Å². The van der Waals surface area contributed by atoms with Crippen LogP contribution < -0.4 is 5.32 Å². The summed E-state index contributed by atoms with van der Waals surface area (Å²) in [6.07, 6.45) is 0.987. The Hall–Kier alpha value is -1.87. The molecule has 0 heterocycles. The molecule has 2 N–H and O–H groups in total. The summed E-state index contributed by atoms with van der Waals surface area (Å²) in [7, 11) is 0. The van der Waals surface area contributed by atoms with Gasteiger partial charge < -0.3 is 10.4 Å². The second kappa shape index (κ2) is 6.34. The van der Waals surface area contributed by atoms with Crippen LogP contribution in [0.2, 0.25) is 0 Å². The molecule has 0 aromatic heterocycles. The Balaban J connectivity index is 2.15. The molecule has 2 aromatic carbocycles. The van der Waals surface area contributed by atoms with E-state index in [0.29, 0.717) is 5.69 Å². The molecule has 2 rings (SSSR count). The molecule has 0 amide bonds. The lowest BCUT2D eigenvalue weighted by Gasteiger charge is -2.18. The number of aliphatic hydroxyl groups excluding tert-OH is 1. The van der Waals surface area contributed by atoms with Crippen molar-refractivity contribution in [2.24, 2.45) is 0 Å². The van der Waals surface area contributed by atoms with Crippen LogP contribution in [0.1, 0.15) is 24.1 Å². The number of rotatable bonds is 5. The second-order valence-electron chi connectivity index (χ2n) is 4.48. The summed E-state index contributed by atoms with van der Waals surface area (Å²) < 4.78 is 13.1. The van der Waals surface area contributed by atoms with Gasteiger partial charge in [0.1, 0.15) is 5.82 Å². The van der Waals surface area contributed by atoms with Crippen LogP contribution in [0.4, 0.5) is 10.1 Å². The summed E-state index contributed by atoms with van der Waals surface area (Å²) >= 11 is 0. The Morgan fingerprint density at radius 2 is 1.89 bits per heavy atom. The van der Waals surface area contributed by atoms with Crippen LogP contribution in [0.3, 0.4) is 0 Å². The fourth-order valence-electron chi connectivity index (χ4n) is 2.00. The first-order chi connectivity index (χ1) is 9.22. The molecule has 0 saturated carbocycles. The van der Waals surface area contributed by atoms with Crippen LogP contribution in [0.15, 0.2) is 48.5 Å². The Morgan fingerprint density at radius 3 is 2.47 bits per heavy atom. The van der Waals surface area contributed by atoms with Crippen molar-refractivity contribution >= 4 is 5.69 Å². The molecule has 19 heavy (non-hydrogen) atoms. The molecular formula is C16H18FNO. The van der Waals surface area contributed by atoms with Crippen molar-refractivity contribution < 1.29 is 9.50 Å². The van der Waals surface area contributed by atoms with E-state index >= 15 is 0 Å². The van der Waals surface area contributed by atoms with E-state index in [2.05, 4.69) is 12.2 Å². The maximum absolute atomic E-state index is 13.1. The van der Waals surface area contributed by atoms with Gasteiger partial charge in [-0.15, -0.1) is 0 Å². The van der Waals surface area contributed by atoms with E-state index in [1.54, 1.807) is 12.1 Å². The van der Waals surface area contributed by atoms with Gasteiger partial charge in [0.05, 0.1) is 12.6 Å². The Labute approximate surface area is 112 Å². The van der Waals surface area contributed by atoms with Crippen molar-refractivity contribution in [3.63, 3.8) is 0 Å². The zero-order valence-corrected chi connectivity index (χ0v) is 10.9. The summed E-state index contributed by atoms with van der Waals surface area (Å²) in [4.78, 5) is 0. The number of benzene rings is 2. The molecule has 100 valence electrons. The minimum atomic E-state index is -0.289. The van der Waals surface area contributed by atoms with Gasteiger partial charge in [-0.25, -0.2) is 4.39 Å². The number of hydrogen-bond acceptors (Lipinski definition) is 2. The van der Waals surface area contributed by atoms with E-state index in [-0.39, 0.29) is 18.5 Å². The average Bonchev–Trinajstić information content (AvgIpc) is 2.45. The van der Waals surface area contributed by atoms with E-state index in [4.69, 9.17) is 0 Å². The monoisotopic (exact) mass is 259 g/mol. The maximum atomic E-state index is 13.1. The van der Waals surface area contributed by atoms with Crippen LogP contribution in [-0.2, 0) is 6.42 Å². The number of aliphatic hydroxyl groups is 1. The highest BCUT2D eigenvalue weighted by molar-refractivity contribution is 5.46. The van der Waals surface area contributed by atoms with Crippen molar-refractivity contribution in [3.8, 4) is 0 Å². The van der Waals surface area contributed by atoms with Crippen LogP contribution in [0, 0.1) is 5.82 Å². The summed E-state index contributed by atoms with van der Waals surface area (Å²) in [5.74, 6) is -0.289. The van der Waals surface area contributed by atoms with Crippen LogP contribution in [0.5, 0.6) is 0 Å². The second-order valence-corrected chi connectivity index (χ2v) is 4.48. The zero-order valence-electron chi connectivity index (χ0n) is 10.9. The number of nitrogens with one attached hydrogen (secondary N) is 1. The SMILES string of the molecule is CCc1ccc(C(CO)Nc2cccc(F)c2)cc1. The third kappa shape index (κ3) is 3.55. The summed E-state index contributed by atoms with van der Waals surface area (Å²) in [5, 5.41) is 12.6. The van der Waals surface area contributed by atoms with Gasteiger partial charge >= 0.3 is 0 Å². The average molecular weight is 259 g/mol. The maximum Gasteiger partial charge on any atom is 0.125 e. The zero-order chi connectivity index (χ0) is 13.7. The molecule has 0 saturated heterocycles. The smallest absolute Gasteiger partial charge is 0.125 e. The van der Waals surface area contributed by atoms with Crippen molar-refractivity contribution in [2.75, 3.05) is 11.9 Å².